The average Bonchev–Trinajstić information content (AvgIpc) is 3.37. The van der Waals surface area contributed by atoms with Crippen LogP contribution in [-0.2, 0) is 0 Å². The van der Waals surface area contributed by atoms with Gasteiger partial charge in [-0.1, -0.05) is 52.3 Å². The van der Waals surface area contributed by atoms with E-state index in [9.17, 15) is 0 Å². The zero-order chi connectivity index (χ0) is 15.1. The van der Waals surface area contributed by atoms with Gasteiger partial charge in [-0.05, 0) is 48.4 Å². The predicted octanol–water partition coefficient (Wildman–Crippen LogP) is 4.23. The van der Waals surface area contributed by atoms with E-state index in [4.69, 9.17) is 4.74 Å². The number of benzene rings is 1. The summed E-state index contributed by atoms with van der Waals surface area (Å²) in [7, 11) is 1.71. The molecule has 20 heavy (non-hydrogen) atoms. The summed E-state index contributed by atoms with van der Waals surface area (Å²) in [5.41, 5.74) is 1.40. The molecule has 2 saturated carbocycles. The van der Waals surface area contributed by atoms with Gasteiger partial charge in [-0.15, -0.1) is 0 Å². The molecule has 3 rings (SSSR count). The second-order valence-corrected chi connectivity index (χ2v) is 5.54. The van der Waals surface area contributed by atoms with Crippen molar-refractivity contribution in [1.82, 2.24) is 0 Å². The molecule has 0 aromatic heterocycles. The van der Waals surface area contributed by atoms with Crippen LogP contribution in [0.3, 0.4) is 0 Å². The highest BCUT2D eigenvalue weighted by atomic mass is 16.5. The van der Waals surface area contributed by atoms with Gasteiger partial charge < -0.3 is 4.74 Å². The maximum absolute atomic E-state index is 5.32. The molecule has 0 bridgehead atoms. The largest absolute Gasteiger partial charge is 0.496 e. The zero-order valence-corrected chi connectivity index (χ0v) is 13.8. The summed E-state index contributed by atoms with van der Waals surface area (Å²) in [5, 5.41) is 2.20. The first-order chi connectivity index (χ1) is 9.65. The van der Waals surface area contributed by atoms with Gasteiger partial charge in [0.25, 0.3) is 0 Å². The van der Waals surface area contributed by atoms with Gasteiger partial charge in [-0.2, -0.15) is 0 Å². The lowest BCUT2D eigenvalue weighted by atomic mass is 10.1. The summed E-state index contributed by atoms with van der Waals surface area (Å²) in [5.74, 6) is 2.77. The van der Waals surface area contributed by atoms with Crippen molar-refractivity contribution in [3.05, 3.63) is 28.1 Å². The summed E-state index contributed by atoms with van der Waals surface area (Å²) >= 11 is 0. The van der Waals surface area contributed by atoms with E-state index in [1.165, 1.54) is 36.5 Å². The Morgan fingerprint density at radius 2 is 1.70 bits per heavy atom. The molecule has 0 atom stereocenters. The van der Waals surface area contributed by atoms with E-state index in [0.717, 1.165) is 22.8 Å². The summed E-state index contributed by atoms with van der Waals surface area (Å²) in [6.45, 7) is 12.3. The Kier molecular flexibility index (Phi) is 6.84. The van der Waals surface area contributed by atoms with E-state index in [1.807, 2.05) is 20.8 Å². The maximum atomic E-state index is 5.32. The van der Waals surface area contributed by atoms with Gasteiger partial charge in [0.05, 0.1) is 7.11 Å². The minimum atomic E-state index is 0.767. The summed E-state index contributed by atoms with van der Waals surface area (Å²) in [4.78, 5) is 0. The number of hydrogen-bond donors (Lipinski definition) is 0. The van der Waals surface area contributed by atoms with Crippen LogP contribution in [-0.4, -0.2) is 7.11 Å². The quantitative estimate of drug-likeness (QED) is 0.784. The Bertz CT molecular complexity index is 507. The van der Waals surface area contributed by atoms with Crippen molar-refractivity contribution in [2.24, 2.45) is 5.92 Å². The van der Waals surface area contributed by atoms with E-state index in [1.54, 1.807) is 7.11 Å². The van der Waals surface area contributed by atoms with Gasteiger partial charge in [0.2, 0.25) is 0 Å². The zero-order valence-electron chi connectivity index (χ0n) is 13.8. The molecule has 1 nitrogen and oxygen atoms in total. The standard InChI is InChI=1S/C13H16O.C4H8.C2H6/c1-4-10-7-12(11-5-6-11)8-13(14-3)9(10)2;1-4-2-3-4;1-2/h4,7-8,11H,2,5-6H2,1,3H3;4H,2-3H2,1H3;1-2H3/b10-4-;;. The molecule has 0 heterocycles. The molecule has 0 amide bonds. The van der Waals surface area contributed by atoms with Gasteiger partial charge in [0, 0.05) is 5.22 Å². The summed E-state index contributed by atoms with van der Waals surface area (Å²) < 4.78 is 5.32. The molecule has 0 radical (unpaired) electrons. The molecule has 2 aliphatic rings. The fraction of sp³-hybridized carbons (Fsp3) is 0.579. The Labute approximate surface area is 124 Å². The van der Waals surface area contributed by atoms with Crippen LogP contribution in [0, 0.1) is 5.92 Å². The van der Waals surface area contributed by atoms with Crippen LogP contribution < -0.4 is 15.2 Å². The number of rotatable bonds is 2. The first-order valence-electron chi connectivity index (χ1n) is 7.99. The molecule has 1 aromatic carbocycles. The van der Waals surface area contributed by atoms with Crippen LogP contribution in [0.2, 0.25) is 0 Å². The van der Waals surface area contributed by atoms with Crippen LogP contribution >= 0.6 is 0 Å². The average molecular weight is 274 g/mol. The van der Waals surface area contributed by atoms with E-state index in [0.29, 0.717) is 0 Å². The highest BCUT2D eigenvalue weighted by molar-refractivity contribution is 5.40. The van der Waals surface area contributed by atoms with E-state index in [-0.39, 0.29) is 0 Å². The minimum absolute atomic E-state index is 0.767. The van der Waals surface area contributed by atoms with Crippen molar-refractivity contribution in [2.75, 3.05) is 7.11 Å². The molecule has 0 spiro atoms. The number of methoxy groups -OCH3 is 1. The minimum Gasteiger partial charge on any atom is -0.496 e. The van der Waals surface area contributed by atoms with Gasteiger partial charge in [0.1, 0.15) is 5.75 Å². The maximum Gasteiger partial charge on any atom is 0.126 e. The second kappa shape index (κ2) is 8.14. The molecular formula is C19H30O. The van der Waals surface area contributed by atoms with E-state index in [2.05, 4.69) is 31.7 Å². The second-order valence-electron chi connectivity index (χ2n) is 5.54. The third-order valence-corrected chi connectivity index (χ3v) is 3.71. The molecule has 112 valence electrons. The van der Waals surface area contributed by atoms with Crippen LogP contribution in [0.15, 0.2) is 12.1 Å². The highest BCUT2D eigenvalue weighted by Gasteiger charge is 2.23. The molecule has 0 saturated heterocycles. The monoisotopic (exact) mass is 274 g/mol. The Morgan fingerprint density at radius 3 is 2.05 bits per heavy atom. The van der Waals surface area contributed by atoms with Crippen LogP contribution in [0.1, 0.15) is 64.9 Å². The highest BCUT2D eigenvalue weighted by Crippen LogP contribution is 2.39. The lowest BCUT2D eigenvalue weighted by molar-refractivity contribution is 0.410. The number of ether oxygens (including phenoxy) is 1. The van der Waals surface area contributed by atoms with Crippen LogP contribution in [0.4, 0.5) is 0 Å². The Balaban J connectivity index is 0.000000281. The SMILES string of the molecule is C=c1c(OC)cc(C2CC2)c/c1=C/C.CC.CC1CC1. The Hall–Kier alpha value is -1.24. The lowest BCUT2D eigenvalue weighted by Gasteiger charge is -2.05. The molecule has 0 unspecified atom stereocenters. The smallest absolute Gasteiger partial charge is 0.126 e. The van der Waals surface area contributed by atoms with E-state index >= 15 is 0 Å². The molecular weight excluding hydrogens is 244 g/mol. The third-order valence-electron chi connectivity index (χ3n) is 3.71. The van der Waals surface area contributed by atoms with Crippen molar-refractivity contribution >= 4 is 12.7 Å². The van der Waals surface area contributed by atoms with Gasteiger partial charge >= 0.3 is 0 Å². The molecule has 1 heteroatoms. The van der Waals surface area contributed by atoms with Crippen LogP contribution in [0.25, 0.3) is 12.7 Å². The van der Waals surface area contributed by atoms with E-state index < -0.39 is 0 Å². The van der Waals surface area contributed by atoms with Crippen molar-refractivity contribution in [2.45, 2.75) is 59.3 Å². The topological polar surface area (TPSA) is 9.23 Å². The lowest BCUT2D eigenvalue weighted by Crippen LogP contribution is -2.25. The molecule has 2 fully saturated rings. The molecule has 2 aliphatic carbocycles. The van der Waals surface area contributed by atoms with Crippen molar-refractivity contribution in [3.8, 4) is 5.75 Å². The Morgan fingerprint density at radius 1 is 1.15 bits per heavy atom. The fourth-order valence-corrected chi connectivity index (χ4v) is 1.95. The predicted molar refractivity (Wildman–Crippen MR) is 89.6 cm³/mol. The number of hydrogen-bond acceptors (Lipinski definition) is 1. The summed E-state index contributed by atoms with van der Waals surface area (Å²) in [6.07, 6.45) is 7.71. The molecule has 0 aliphatic heterocycles. The van der Waals surface area contributed by atoms with Gasteiger partial charge in [-0.25, -0.2) is 0 Å². The summed E-state index contributed by atoms with van der Waals surface area (Å²) in [6, 6.07) is 4.37. The fourth-order valence-electron chi connectivity index (χ4n) is 1.95. The third kappa shape index (κ3) is 5.03. The first-order valence-corrected chi connectivity index (χ1v) is 7.99. The van der Waals surface area contributed by atoms with Crippen molar-refractivity contribution < 1.29 is 4.74 Å². The van der Waals surface area contributed by atoms with Gasteiger partial charge in [-0.3, -0.25) is 0 Å². The van der Waals surface area contributed by atoms with Gasteiger partial charge in [0.15, 0.2) is 0 Å². The molecule has 0 N–H and O–H groups in total. The van der Waals surface area contributed by atoms with Crippen molar-refractivity contribution in [3.63, 3.8) is 0 Å². The normalized spacial score (nSPS) is 17.6. The van der Waals surface area contributed by atoms with Crippen LogP contribution in [0.5, 0.6) is 5.75 Å². The van der Waals surface area contributed by atoms with Crippen molar-refractivity contribution in [1.29, 1.82) is 0 Å². The first kappa shape index (κ1) is 16.8. The molecule has 1 aromatic rings.